The Morgan fingerprint density at radius 3 is 2.89 bits per heavy atom. The van der Waals surface area contributed by atoms with Gasteiger partial charge in [0.15, 0.2) is 11.5 Å². The molecule has 6 nitrogen and oxygen atoms in total. The summed E-state index contributed by atoms with van der Waals surface area (Å²) < 4.78 is 13.1. The van der Waals surface area contributed by atoms with Gasteiger partial charge in [-0.05, 0) is 37.3 Å². The molecule has 1 saturated heterocycles. The minimum Gasteiger partial charge on any atom is -0.486 e. The zero-order valence-electron chi connectivity index (χ0n) is 16.0. The molecule has 4 heterocycles. The van der Waals surface area contributed by atoms with Gasteiger partial charge in [0.25, 0.3) is 5.56 Å². The molecule has 1 unspecified atom stereocenters. The van der Waals surface area contributed by atoms with Crippen molar-refractivity contribution in [1.29, 1.82) is 0 Å². The van der Waals surface area contributed by atoms with E-state index in [4.69, 9.17) is 14.5 Å². The quantitative estimate of drug-likeness (QED) is 0.754. The van der Waals surface area contributed by atoms with Gasteiger partial charge in [-0.2, -0.15) is 0 Å². The molecular weight excluding hydrogens is 354 g/mol. The second-order valence-corrected chi connectivity index (χ2v) is 7.63. The molecule has 2 aliphatic heterocycles. The van der Waals surface area contributed by atoms with Crippen molar-refractivity contribution in [3.8, 4) is 11.5 Å². The summed E-state index contributed by atoms with van der Waals surface area (Å²) in [5.74, 6) is 1.67. The van der Waals surface area contributed by atoms with E-state index in [0.717, 1.165) is 48.0 Å². The van der Waals surface area contributed by atoms with Crippen LogP contribution in [0.15, 0.2) is 47.3 Å². The first-order valence-corrected chi connectivity index (χ1v) is 9.91. The molecule has 2 atom stereocenters. The molecule has 0 amide bonds. The standard InChI is InChI=1S/C22H23N3O3/c1-15-4-2-6-21-23-17(13-22(26)25(15)21)14-24-9-3-5-18(24)16-7-8-19-20(12-16)28-11-10-27-19/h2,4,6-8,12-13,18H,3,5,9-11,14H2,1H3/p+1/t18-/m1/s1. The number of pyridine rings is 1. The van der Waals surface area contributed by atoms with E-state index in [1.807, 2.05) is 31.2 Å². The Labute approximate surface area is 163 Å². The maximum Gasteiger partial charge on any atom is 0.258 e. The lowest BCUT2D eigenvalue weighted by molar-refractivity contribution is -0.932. The van der Waals surface area contributed by atoms with Crippen molar-refractivity contribution in [2.75, 3.05) is 19.8 Å². The van der Waals surface area contributed by atoms with Crippen LogP contribution < -0.4 is 19.9 Å². The van der Waals surface area contributed by atoms with Crippen molar-refractivity contribution in [2.24, 2.45) is 0 Å². The van der Waals surface area contributed by atoms with Gasteiger partial charge >= 0.3 is 0 Å². The van der Waals surface area contributed by atoms with Gasteiger partial charge in [-0.15, -0.1) is 0 Å². The van der Waals surface area contributed by atoms with E-state index in [2.05, 4.69) is 12.1 Å². The Morgan fingerprint density at radius 2 is 2.00 bits per heavy atom. The average Bonchev–Trinajstić information content (AvgIpc) is 3.15. The first kappa shape index (κ1) is 17.3. The van der Waals surface area contributed by atoms with Crippen LogP contribution in [0.4, 0.5) is 0 Å². The normalized spacial score (nSPS) is 21.2. The zero-order chi connectivity index (χ0) is 19.1. The topological polar surface area (TPSA) is 57.3 Å². The van der Waals surface area contributed by atoms with E-state index in [1.165, 1.54) is 16.9 Å². The number of aromatic nitrogens is 2. The van der Waals surface area contributed by atoms with Crippen molar-refractivity contribution in [3.05, 3.63) is 69.8 Å². The molecule has 0 radical (unpaired) electrons. The molecular formula is C22H24N3O3+. The molecule has 3 aromatic rings. The van der Waals surface area contributed by atoms with Gasteiger partial charge in [0, 0.05) is 30.2 Å². The minimum atomic E-state index is -0.00687. The molecule has 1 aromatic carbocycles. The van der Waals surface area contributed by atoms with Gasteiger partial charge in [-0.25, -0.2) is 4.98 Å². The summed E-state index contributed by atoms with van der Waals surface area (Å²) >= 11 is 0. The highest BCUT2D eigenvalue weighted by atomic mass is 16.6. The van der Waals surface area contributed by atoms with E-state index < -0.39 is 0 Å². The molecule has 1 fully saturated rings. The van der Waals surface area contributed by atoms with Crippen molar-refractivity contribution in [2.45, 2.75) is 32.4 Å². The van der Waals surface area contributed by atoms with Crippen LogP contribution in [0, 0.1) is 6.92 Å². The highest BCUT2D eigenvalue weighted by Crippen LogP contribution is 2.33. The second kappa shape index (κ2) is 6.95. The van der Waals surface area contributed by atoms with Crippen molar-refractivity contribution in [1.82, 2.24) is 9.38 Å². The van der Waals surface area contributed by atoms with Crippen LogP contribution in [0.3, 0.4) is 0 Å². The third-order valence-corrected chi connectivity index (χ3v) is 5.79. The van der Waals surface area contributed by atoms with E-state index >= 15 is 0 Å². The number of fused-ring (bicyclic) bond motifs is 2. The summed E-state index contributed by atoms with van der Waals surface area (Å²) in [6.45, 7) is 4.96. The molecule has 5 rings (SSSR count). The van der Waals surface area contributed by atoms with Gasteiger partial charge in [-0.3, -0.25) is 9.20 Å². The highest BCUT2D eigenvalue weighted by molar-refractivity contribution is 5.44. The average molecular weight is 378 g/mol. The molecule has 6 heteroatoms. The van der Waals surface area contributed by atoms with Gasteiger partial charge in [0.1, 0.15) is 37.1 Å². The lowest BCUT2D eigenvalue weighted by atomic mass is 10.0. The summed E-state index contributed by atoms with van der Waals surface area (Å²) in [7, 11) is 0. The van der Waals surface area contributed by atoms with Gasteiger partial charge in [0.05, 0.1) is 6.54 Å². The Kier molecular flexibility index (Phi) is 4.28. The van der Waals surface area contributed by atoms with Crippen LogP contribution in [-0.4, -0.2) is 29.1 Å². The number of ether oxygens (including phenoxy) is 2. The number of benzene rings is 1. The number of likely N-dealkylation sites (tertiary alicyclic amines) is 1. The van der Waals surface area contributed by atoms with E-state index in [1.54, 1.807) is 10.5 Å². The fraction of sp³-hybridized carbons (Fsp3) is 0.364. The Hall–Kier alpha value is -2.86. The van der Waals surface area contributed by atoms with Gasteiger partial charge in [0.2, 0.25) is 0 Å². The molecule has 2 aromatic heterocycles. The molecule has 2 aliphatic rings. The summed E-state index contributed by atoms with van der Waals surface area (Å²) in [6.07, 6.45) is 2.29. The molecule has 28 heavy (non-hydrogen) atoms. The largest absolute Gasteiger partial charge is 0.486 e. The van der Waals surface area contributed by atoms with Crippen molar-refractivity contribution in [3.63, 3.8) is 0 Å². The van der Waals surface area contributed by atoms with Crippen molar-refractivity contribution < 1.29 is 14.4 Å². The zero-order valence-corrected chi connectivity index (χ0v) is 16.0. The van der Waals surface area contributed by atoms with E-state index in [9.17, 15) is 4.79 Å². The minimum absolute atomic E-state index is 0.00687. The van der Waals surface area contributed by atoms with Crippen molar-refractivity contribution >= 4 is 5.65 Å². The first-order valence-electron chi connectivity index (χ1n) is 9.91. The fourth-order valence-corrected chi connectivity index (χ4v) is 4.49. The lowest BCUT2D eigenvalue weighted by Gasteiger charge is -2.24. The van der Waals surface area contributed by atoms with Crippen LogP contribution in [0.25, 0.3) is 5.65 Å². The number of aryl methyl sites for hydroxylation is 1. The molecule has 0 aliphatic carbocycles. The molecule has 0 saturated carbocycles. The molecule has 0 bridgehead atoms. The predicted molar refractivity (Wildman–Crippen MR) is 105 cm³/mol. The highest BCUT2D eigenvalue weighted by Gasteiger charge is 2.31. The van der Waals surface area contributed by atoms with Crippen LogP contribution in [0.5, 0.6) is 11.5 Å². The first-order chi connectivity index (χ1) is 13.7. The maximum atomic E-state index is 12.6. The molecule has 0 spiro atoms. The van der Waals surface area contributed by atoms with Gasteiger partial charge in [-0.1, -0.05) is 6.07 Å². The van der Waals surface area contributed by atoms with E-state index in [-0.39, 0.29) is 5.56 Å². The third kappa shape index (κ3) is 3.03. The second-order valence-electron chi connectivity index (χ2n) is 7.63. The molecule has 144 valence electrons. The summed E-state index contributed by atoms with van der Waals surface area (Å²) in [5.41, 5.74) is 3.74. The third-order valence-electron chi connectivity index (χ3n) is 5.79. The SMILES string of the molecule is Cc1cccc2nc(C[NH+]3CCC[C@@H]3c3ccc4c(c3)OCCO4)cc(=O)n12. The number of hydrogen-bond acceptors (Lipinski definition) is 4. The predicted octanol–water partition coefficient (Wildman–Crippen LogP) is 1.69. The molecule has 1 N–H and O–H groups in total. The van der Waals surface area contributed by atoms with E-state index in [0.29, 0.717) is 19.3 Å². The summed E-state index contributed by atoms with van der Waals surface area (Å²) in [5, 5.41) is 0. The number of nitrogens with zero attached hydrogens (tertiary/aromatic N) is 2. The fourth-order valence-electron chi connectivity index (χ4n) is 4.49. The monoisotopic (exact) mass is 378 g/mol. The van der Waals surface area contributed by atoms with Crippen LogP contribution in [-0.2, 0) is 6.54 Å². The lowest BCUT2D eigenvalue weighted by Crippen LogP contribution is -3.09. The number of rotatable bonds is 3. The number of hydrogen-bond donors (Lipinski definition) is 1. The van der Waals surface area contributed by atoms with Crippen LogP contribution in [0.1, 0.15) is 35.8 Å². The maximum absolute atomic E-state index is 12.6. The Bertz CT molecular complexity index is 1090. The number of quaternary nitrogens is 1. The number of nitrogens with one attached hydrogen (secondary N) is 1. The van der Waals surface area contributed by atoms with Gasteiger partial charge < -0.3 is 14.4 Å². The summed E-state index contributed by atoms with van der Waals surface area (Å²) in [4.78, 5) is 18.8. The Balaban J connectivity index is 1.43. The van der Waals surface area contributed by atoms with Crippen LogP contribution in [0.2, 0.25) is 0 Å². The summed E-state index contributed by atoms with van der Waals surface area (Å²) in [6, 6.07) is 14.1. The smallest absolute Gasteiger partial charge is 0.258 e. The Morgan fingerprint density at radius 1 is 1.14 bits per heavy atom. The van der Waals surface area contributed by atoms with Crippen LogP contribution >= 0.6 is 0 Å².